The summed E-state index contributed by atoms with van der Waals surface area (Å²) < 4.78 is 34.9. The molecule has 0 radical (unpaired) electrons. The maximum atomic E-state index is 13.5. The summed E-state index contributed by atoms with van der Waals surface area (Å²) in [7, 11) is 0. The summed E-state index contributed by atoms with van der Waals surface area (Å²) in [6, 6.07) is -2.52. The summed E-state index contributed by atoms with van der Waals surface area (Å²) in [5.41, 5.74) is 0. The number of carbonyl (C=O) groups excluding carboxylic acids is 2. The first-order valence-corrected chi connectivity index (χ1v) is 39.4. The Morgan fingerprint density at radius 2 is 0.888 bits per heavy atom. The van der Waals surface area contributed by atoms with Gasteiger partial charge in [0.15, 0.2) is 12.6 Å². The van der Waals surface area contributed by atoms with Crippen LogP contribution in [0.15, 0.2) is 0 Å². The number of unbranched alkanes of at least 4 members (excludes halogenated alkanes) is 42. The van der Waals surface area contributed by atoms with E-state index in [-0.39, 0.29) is 18.9 Å². The van der Waals surface area contributed by atoms with Crippen LogP contribution in [0, 0.1) is 0 Å². The minimum absolute atomic E-state index is 0.229. The lowest BCUT2D eigenvalue weighted by molar-refractivity contribution is -0.386. The zero-order valence-corrected chi connectivity index (χ0v) is 60.9. The minimum Gasteiger partial charge on any atom is -0.477 e. The second kappa shape index (κ2) is 55.3. The number of rotatable bonds is 62. The van der Waals surface area contributed by atoms with Crippen molar-refractivity contribution in [3.8, 4) is 0 Å². The topological polar surface area (TPSA) is 373 Å². The van der Waals surface area contributed by atoms with Gasteiger partial charge in [0.1, 0.15) is 67.1 Å². The monoisotopic (exact) mass is 1410 g/mol. The molecule has 3 aliphatic rings. The number of carboxylic acids is 1. The molecule has 3 heterocycles. The second-order valence-electron chi connectivity index (χ2n) is 28.9. The molecule has 3 fully saturated rings. The van der Waals surface area contributed by atoms with E-state index in [0.29, 0.717) is 19.3 Å². The van der Waals surface area contributed by atoms with Crippen LogP contribution in [0.1, 0.15) is 323 Å². The Kier molecular flexibility index (Phi) is 50.7. The van der Waals surface area contributed by atoms with Gasteiger partial charge in [0, 0.05) is 19.8 Å². The van der Waals surface area contributed by atoms with Gasteiger partial charge in [0.2, 0.25) is 11.8 Å². The van der Waals surface area contributed by atoms with Crippen LogP contribution in [-0.2, 0) is 42.8 Å². The van der Waals surface area contributed by atoms with Crippen molar-refractivity contribution < 1.29 is 104 Å². The van der Waals surface area contributed by atoms with Gasteiger partial charge >= 0.3 is 5.97 Å². The minimum atomic E-state index is -3.08. The van der Waals surface area contributed by atoms with Crippen molar-refractivity contribution in [2.75, 3.05) is 26.4 Å². The van der Waals surface area contributed by atoms with Crippen LogP contribution in [0.2, 0.25) is 0 Å². The van der Waals surface area contributed by atoms with E-state index in [1.54, 1.807) is 0 Å². The van der Waals surface area contributed by atoms with Crippen molar-refractivity contribution >= 4 is 17.8 Å². The molecule has 3 saturated heterocycles. The molecule has 0 bridgehead atoms. The third-order valence-corrected chi connectivity index (χ3v) is 20.3. The number of carboxylic acid groups (broad SMARTS) is 1. The van der Waals surface area contributed by atoms with Gasteiger partial charge in [-0.2, -0.15) is 0 Å². The maximum absolute atomic E-state index is 13.5. The molecule has 0 aromatic rings. The summed E-state index contributed by atoms with van der Waals surface area (Å²) >= 11 is 0. The number of hydrogen-bond acceptors (Lipinski definition) is 20. The number of aliphatic hydroxyl groups excluding tert-OH is 11. The number of ether oxygens (including phenoxy) is 6. The van der Waals surface area contributed by atoms with E-state index in [0.717, 1.165) is 51.9 Å². The first-order chi connectivity index (χ1) is 47.4. The van der Waals surface area contributed by atoms with Gasteiger partial charge in [-0.3, -0.25) is 9.59 Å². The zero-order valence-electron chi connectivity index (χ0n) is 60.9. The van der Waals surface area contributed by atoms with Crippen molar-refractivity contribution in [1.82, 2.24) is 10.6 Å². The van der Waals surface area contributed by atoms with Crippen molar-refractivity contribution in [3.63, 3.8) is 0 Å². The number of nitrogens with one attached hydrogen (secondary N) is 2. The summed E-state index contributed by atoms with van der Waals surface area (Å²) in [5, 5.41) is 136. The first-order valence-electron chi connectivity index (χ1n) is 39.4. The maximum Gasteiger partial charge on any atom is 0.364 e. The van der Waals surface area contributed by atoms with Crippen LogP contribution >= 0.6 is 0 Å². The molecule has 18 atom stereocenters. The second-order valence-corrected chi connectivity index (χ2v) is 28.9. The molecule has 0 aromatic heterocycles. The largest absolute Gasteiger partial charge is 0.477 e. The molecule has 0 saturated carbocycles. The van der Waals surface area contributed by atoms with E-state index in [1.807, 2.05) is 0 Å². The van der Waals surface area contributed by atoms with E-state index in [9.17, 15) is 75.7 Å². The van der Waals surface area contributed by atoms with Crippen LogP contribution in [0.4, 0.5) is 0 Å². The molecule has 3 rings (SSSR count). The molecule has 3 aliphatic heterocycles. The highest BCUT2D eigenvalue weighted by Gasteiger charge is 2.60. The zero-order chi connectivity index (χ0) is 71.8. The fourth-order valence-electron chi connectivity index (χ4n) is 14.1. The Morgan fingerprint density at radius 1 is 0.490 bits per heavy atom. The van der Waals surface area contributed by atoms with E-state index in [4.69, 9.17) is 28.4 Å². The van der Waals surface area contributed by atoms with E-state index in [1.165, 1.54) is 225 Å². The third-order valence-electron chi connectivity index (χ3n) is 20.3. The normalized spacial score (nSPS) is 27.2. The Labute approximate surface area is 589 Å². The SMILES string of the molecule is CCCCCCCCCCCCCCCCCCCCCCCCCCCCCCCCCCCC(=O)NC(COC1OC(CO)C(OC2OC(CO)C(O)C(OC3(C(=O)O)CC(O)C(NC(C)=O)C(C(O)C(O)CO)O3)C2O)C(O)C1O)C(O)CCCCCCCCCCCCC. The number of amides is 2. The molecule has 578 valence electrons. The first kappa shape index (κ1) is 89.9. The Balaban J connectivity index is 1.42. The predicted molar refractivity (Wildman–Crippen MR) is 375 cm³/mol. The summed E-state index contributed by atoms with van der Waals surface area (Å²) in [4.78, 5) is 38.6. The van der Waals surface area contributed by atoms with Crippen molar-refractivity contribution in [2.24, 2.45) is 0 Å². The standard InChI is InChI=1S/C75H142N2O21/c1-4-6-8-10-12-14-16-17-18-19-20-21-22-23-24-25-26-27-28-29-30-31-32-33-34-35-36-37-39-41-43-45-47-49-62(85)77-56(57(82)48-46-44-42-40-38-15-13-11-9-7-5-2)54-93-72-67(89)66(88)69(61(53-80)95-72)96-73-68(90)71(65(87)60(52-79)94-73)98-75(74(91)92)50-58(83)63(76-55(3)81)70(97-75)64(86)59(84)51-78/h56-61,63-73,78-80,82-84,86-90H,4-54H2,1-3H3,(H,76,81)(H,77,85)(H,91,92). The van der Waals surface area contributed by atoms with E-state index >= 15 is 0 Å². The molecular formula is C75H142N2O21. The molecule has 23 heteroatoms. The van der Waals surface area contributed by atoms with Gasteiger partial charge < -0.3 is 100 Å². The quantitative estimate of drug-likeness (QED) is 0.0252. The number of aliphatic carboxylic acids is 1. The molecule has 0 aromatic carbocycles. The van der Waals surface area contributed by atoms with Gasteiger partial charge in [-0.1, -0.05) is 290 Å². The molecule has 0 aliphatic carbocycles. The predicted octanol–water partition coefficient (Wildman–Crippen LogP) is 9.63. The smallest absolute Gasteiger partial charge is 0.364 e. The number of carbonyl (C=O) groups is 3. The Bertz CT molecular complexity index is 1970. The Hall–Kier alpha value is -2.27. The fraction of sp³-hybridized carbons (Fsp3) is 0.960. The summed E-state index contributed by atoms with van der Waals surface area (Å²) in [6.45, 7) is 2.22. The average Bonchev–Trinajstić information content (AvgIpc) is 0.757. The fourth-order valence-corrected chi connectivity index (χ4v) is 14.1. The average molecular weight is 1410 g/mol. The van der Waals surface area contributed by atoms with E-state index < -0.39 is 148 Å². The van der Waals surface area contributed by atoms with Gasteiger partial charge in [-0.15, -0.1) is 0 Å². The van der Waals surface area contributed by atoms with Gasteiger partial charge in [0.05, 0.1) is 50.7 Å². The van der Waals surface area contributed by atoms with Gasteiger partial charge in [0.25, 0.3) is 5.79 Å². The van der Waals surface area contributed by atoms with E-state index in [2.05, 4.69) is 24.5 Å². The highest BCUT2D eigenvalue weighted by Crippen LogP contribution is 2.39. The van der Waals surface area contributed by atoms with Crippen molar-refractivity contribution in [1.29, 1.82) is 0 Å². The molecule has 98 heavy (non-hydrogen) atoms. The van der Waals surface area contributed by atoms with Crippen LogP contribution in [0.5, 0.6) is 0 Å². The number of aliphatic hydroxyl groups is 11. The van der Waals surface area contributed by atoms with Gasteiger partial charge in [-0.05, 0) is 12.8 Å². The van der Waals surface area contributed by atoms with Crippen LogP contribution in [-0.4, -0.2) is 215 Å². The molecule has 0 spiro atoms. The molecule has 14 N–H and O–H groups in total. The Morgan fingerprint density at radius 3 is 1.28 bits per heavy atom. The van der Waals surface area contributed by atoms with Gasteiger partial charge in [-0.25, -0.2) is 4.79 Å². The molecule has 2 amide bonds. The summed E-state index contributed by atoms with van der Waals surface area (Å²) in [5.74, 6) is -6.09. The molecule has 18 unspecified atom stereocenters. The van der Waals surface area contributed by atoms with Crippen molar-refractivity contribution in [3.05, 3.63) is 0 Å². The van der Waals surface area contributed by atoms with Crippen molar-refractivity contribution in [2.45, 2.75) is 432 Å². The van der Waals surface area contributed by atoms with Crippen LogP contribution in [0.3, 0.4) is 0 Å². The highest BCUT2D eigenvalue weighted by molar-refractivity contribution is 5.77. The molecule has 23 nitrogen and oxygen atoms in total. The molecular weight excluding hydrogens is 1260 g/mol. The van der Waals surface area contributed by atoms with Crippen LogP contribution in [0.25, 0.3) is 0 Å². The lowest BCUT2D eigenvalue weighted by atomic mass is 9.88. The summed E-state index contributed by atoms with van der Waals surface area (Å²) in [6.07, 6.45) is 27.2. The lowest BCUT2D eigenvalue weighted by Crippen LogP contribution is -2.70. The van der Waals surface area contributed by atoms with Crippen LogP contribution < -0.4 is 10.6 Å². The highest BCUT2D eigenvalue weighted by atomic mass is 16.8. The number of hydrogen-bond donors (Lipinski definition) is 14. The lowest BCUT2D eigenvalue weighted by Gasteiger charge is -2.50. The third kappa shape index (κ3) is 36.0.